The van der Waals surface area contributed by atoms with Gasteiger partial charge in [0.1, 0.15) is 5.82 Å². The van der Waals surface area contributed by atoms with E-state index >= 15 is 0 Å². The number of hydrogen-bond donors (Lipinski definition) is 1. The lowest BCUT2D eigenvalue weighted by molar-refractivity contribution is 0.307. The first-order valence-electron chi connectivity index (χ1n) is 6.52. The molecule has 0 spiro atoms. The minimum Gasteiger partial charge on any atom is -0.310 e. The SMILES string of the molecule is CCCNC(CC(C)(C)C)c1ccc(Cl)cc1F. The molecule has 1 nitrogen and oxygen atoms in total. The lowest BCUT2D eigenvalue weighted by atomic mass is 9.85. The summed E-state index contributed by atoms with van der Waals surface area (Å²) in [5.41, 5.74) is 0.861. The van der Waals surface area contributed by atoms with Gasteiger partial charge in [0.15, 0.2) is 0 Å². The highest BCUT2D eigenvalue weighted by atomic mass is 35.5. The molecule has 0 aliphatic carbocycles. The highest BCUT2D eigenvalue weighted by Gasteiger charge is 2.22. The zero-order chi connectivity index (χ0) is 13.8. The summed E-state index contributed by atoms with van der Waals surface area (Å²) in [5.74, 6) is -0.222. The first-order chi connectivity index (χ1) is 8.33. The van der Waals surface area contributed by atoms with Gasteiger partial charge in [-0.05, 0) is 36.9 Å². The fourth-order valence-electron chi connectivity index (χ4n) is 2.01. The number of rotatable bonds is 5. The minimum absolute atomic E-state index is 0.0437. The van der Waals surface area contributed by atoms with Crippen molar-refractivity contribution in [2.75, 3.05) is 6.54 Å². The van der Waals surface area contributed by atoms with E-state index in [0.717, 1.165) is 19.4 Å². The maximum absolute atomic E-state index is 14.0. The lowest BCUT2D eigenvalue weighted by Crippen LogP contribution is -2.27. The Balaban J connectivity index is 2.93. The van der Waals surface area contributed by atoms with Crippen molar-refractivity contribution in [3.05, 3.63) is 34.6 Å². The van der Waals surface area contributed by atoms with E-state index in [1.54, 1.807) is 12.1 Å². The van der Waals surface area contributed by atoms with E-state index in [1.165, 1.54) is 6.07 Å². The molecule has 1 rings (SSSR count). The van der Waals surface area contributed by atoms with Gasteiger partial charge in [-0.25, -0.2) is 4.39 Å². The van der Waals surface area contributed by atoms with Crippen LogP contribution in [-0.4, -0.2) is 6.54 Å². The molecule has 0 saturated carbocycles. The third-order valence-electron chi connectivity index (χ3n) is 2.80. The smallest absolute Gasteiger partial charge is 0.129 e. The molecule has 0 aromatic heterocycles. The molecule has 1 unspecified atom stereocenters. The largest absolute Gasteiger partial charge is 0.310 e. The molecule has 0 fully saturated rings. The van der Waals surface area contributed by atoms with Crippen molar-refractivity contribution in [2.24, 2.45) is 5.41 Å². The van der Waals surface area contributed by atoms with Gasteiger partial charge in [0, 0.05) is 16.6 Å². The van der Waals surface area contributed by atoms with Crippen LogP contribution in [0.25, 0.3) is 0 Å². The predicted octanol–water partition coefficient (Wildman–Crippen LogP) is 4.96. The third-order valence-corrected chi connectivity index (χ3v) is 3.03. The molecule has 1 N–H and O–H groups in total. The Morgan fingerprint density at radius 1 is 1.33 bits per heavy atom. The molecule has 0 amide bonds. The Labute approximate surface area is 115 Å². The lowest BCUT2D eigenvalue weighted by Gasteiger charge is -2.27. The molecule has 3 heteroatoms. The minimum atomic E-state index is -0.222. The second-order valence-electron chi connectivity index (χ2n) is 5.94. The number of hydrogen-bond acceptors (Lipinski definition) is 1. The molecule has 102 valence electrons. The van der Waals surface area contributed by atoms with Gasteiger partial charge in [0.2, 0.25) is 0 Å². The van der Waals surface area contributed by atoms with Crippen LogP contribution in [-0.2, 0) is 0 Å². The topological polar surface area (TPSA) is 12.0 Å². The van der Waals surface area contributed by atoms with Crippen LogP contribution < -0.4 is 5.32 Å². The van der Waals surface area contributed by atoms with Gasteiger partial charge in [0.05, 0.1) is 0 Å². The van der Waals surface area contributed by atoms with E-state index in [9.17, 15) is 4.39 Å². The second-order valence-corrected chi connectivity index (χ2v) is 6.37. The summed E-state index contributed by atoms with van der Waals surface area (Å²) in [7, 11) is 0. The molecule has 0 heterocycles. The van der Waals surface area contributed by atoms with Crippen LogP contribution in [0.5, 0.6) is 0 Å². The van der Waals surface area contributed by atoms with E-state index < -0.39 is 0 Å². The van der Waals surface area contributed by atoms with Crippen LogP contribution in [0.4, 0.5) is 4.39 Å². The maximum Gasteiger partial charge on any atom is 0.129 e. The summed E-state index contributed by atoms with van der Waals surface area (Å²) in [5, 5.41) is 3.87. The molecule has 1 atom stereocenters. The zero-order valence-corrected chi connectivity index (χ0v) is 12.4. The van der Waals surface area contributed by atoms with E-state index in [0.29, 0.717) is 10.6 Å². The standard InChI is InChI=1S/C15H23ClFN/c1-5-8-18-14(10-15(2,3)4)12-7-6-11(16)9-13(12)17/h6-7,9,14,18H,5,8,10H2,1-4H3. The average molecular weight is 272 g/mol. The molecule has 0 aliphatic rings. The van der Waals surface area contributed by atoms with Crippen molar-refractivity contribution in [3.63, 3.8) is 0 Å². The monoisotopic (exact) mass is 271 g/mol. The highest BCUT2D eigenvalue weighted by molar-refractivity contribution is 6.30. The fourth-order valence-corrected chi connectivity index (χ4v) is 2.17. The normalized spacial score (nSPS) is 13.7. The van der Waals surface area contributed by atoms with Crippen LogP contribution in [0.2, 0.25) is 5.02 Å². The summed E-state index contributed by atoms with van der Waals surface area (Å²) < 4.78 is 14.0. The molecule has 0 bridgehead atoms. The Morgan fingerprint density at radius 3 is 2.50 bits per heavy atom. The van der Waals surface area contributed by atoms with Gasteiger partial charge < -0.3 is 5.32 Å². The van der Waals surface area contributed by atoms with Crippen LogP contribution in [0, 0.1) is 11.2 Å². The maximum atomic E-state index is 14.0. The van der Waals surface area contributed by atoms with Gasteiger partial charge >= 0.3 is 0 Å². The van der Waals surface area contributed by atoms with E-state index in [-0.39, 0.29) is 17.3 Å². The number of benzene rings is 1. The van der Waals surface area contributed by atoms with Crippen molar-refractivity contribution in [3.8, 4) is 0 Å². The summed E-state index contributed by atoms with van der Waals surface area (Å²) in [6, 6.07) is 4.97. The van der Waals surface area contributed by atoms with Crippen LogP contribution in [0.15, 0.2) is 18.2 Å². The first kappa shape index (κ1) is 15.5. The Hall–Kier alpha value is -0.600. The van der Waals surface area contributed by atoms with Gasteiger partial charge in [-0.2, -0.15) is 0 Å². The third kappa shape index (κ3) is 4.95. The van der Waals surface area contributed by atoms with Crippen molar-refractivity contribution >= 4 is 11.6 Å². The summed E-state index contributed by atoms with van der Waals surface area (Å²) >= 11 is 5.80. The molecule has 0 saturated heterocycles. The fraction of sp³-hybridized carbons (Fsp3) is 0.600. The van der Waals surface area contributed by atoms with E-state index in [1.807, 2.05) is 0 Å². The second kappa shape index (κ2) is 6.53. The van der Waals surface area contributed by atoms with Crippen molar-refractivity contribution in [1.29, 1.82) is 0 Å². The van der Waals surface area contributed by atoms with E-state index in [4.69, 9.17) is 11.6 Å². The summed E-state index contributed by atoms with van der Waals surface area (Å²) in [4.78, 5) is 0. The van der Waals surface area contributed by atoms with Crippen LogP contribution in [0.3, 0.4) is 0 Å². The number of nitrogens with one attached hydrogen (secondary N) is 1. The molecule has 0 aliphatic heterocycles. The Morgan fingerprint density at radius 2 is 2.00 bits per heavy atom. The molecular formula is C15H23ClFN. The van der Waals surface area contributed by atoms with E-state index in [2.05, 4.69) is 33.0 Å². The number of halogens is 2. The van der Waals surface area contributed by atoms with Crippen molar-refractivity contribution in [2.45, 2.75) is 46.6 Å². The molecule has 1 aromatic carbocycles. The summed E-state index contributed by atoms with van der Waals surface area (Å²) in [6.07, 6.45) is 1.93. The van der Waals surface area contributed by atoms with Gasteiger partial charge in [-0.1, -0.05) is 45.4 Å². The van der Waals surface area contributed by atoms with Gasteiger partial charge in [0.25, 0.3) is 0 Å². The first-order valence-corrected chi connectivity index (χ1v) is 6.89. The molecule has 18 heavy (non-hydrogen) atoms. The molecule has 0 radical (unpaired) electrons. The Bertz CT molecular complexity index is 385. The highest BCUT2D eigenvalue weighted by Crippen LogP contribution is 2.31. The zero-order valence-electron chi connectivity index (χ0n) is 11.7. The van der Waals surface area contributed by atoms with Crippen molar-refractivity contribution < 1.29 is 4.39 Å². The molecule has 1 aromatic rings. The van der Waals surface area contributed by atoms with Gasteiger partial charge in [-0.3, -0.25) is 0 Å². The predicted molar refractivity (Wildman–Crippen MR) is 76.5 cm³/mol. The van der Waals surface area contributed by atoms with Crippen LogP contribution >= 0.6 is 11.6 Å². The Kier molecular flexibility index (Phi) is 5.61. The summed E-state index contributed by atoms with van der Waals surface area (Å²) in [6.45, 7) is 9.51. The van der Waals surface area contributed by atoms with Crippen molar-refractivity contribution in [1.82, 2.24) is 5.32 Å². The average Bonchev–Trinajstić information content (AvgIpc) is 2.23. The van der Waals surface area contributed by atoms with Gasteiger partial charge in [-0.15, -0.1) is 0 Å². The van der Waals surface area contributed by atoms with Crippen LogP contribution in [0.1, 0.15) is 52.1 Å². The quantitative estimate of drug-likeness (QED) is 0.798. The molecular weight excluding hydrogens is 249 g/mol.